The van der Waals surface area contributed by atoms with Gasteiger partial charge in [0, 0.05) is 20.5 Å². The number of esters is 1. The summed E-state index contributed by atoms with van der Waals surface area (Å²) in [6.45, 7) is 8.75. The number of carbonyl (C=O) groups is 4. The minimum Gasteiger partial charge on any atom is -0.471 e. The van der Waals surface area contributed by atoms with Crippen molar-refractivity contribution in [2.45, 2.75) is 70.9 Å². The van der Waals surface area contributed by atoms with E-state index < -0.39 is 53.8 Å². The standard InChI is InChI=1S/C31H39N3O7/c1-7-18-34(6)28(36)27-25(32-20(2)35)23(33-30(38)41-31(3,4)5)19-24(39-27)29(37)40-26(21-14-10-8-11-15-21)22-16-12-9-13-17-22/h8-17,19,23,25-27H,7,18H2,1-6H3,(H,32,35)(H,33,38)/t23?,25?,27-/m1/s1. The highest BCUT2D eigenvalue weighted by Gasteiger charge is 2.44. The summed E-state index contributed by atoms with van der Waals surface area (Å²) in [5.74, 6) is -2.02. The average molecular weight is 566 g/mol. The molecule has 2 aromatic carbocycles. The molecule has 10 heteroatoms. The van der Waals surface area contributed by atoms with Crippen LogP contribution >= 0.6 is 0 Å². The fourth-order valence-corrected chi connectivity index (χ4v) is 4.41. The van der Waals surface area contributed by atoms with Crippen molar-refractivity contribution >= 4 is 23.9 Å². The number of nitrogens with zero attached hydrogens (tertiary/aromatic N) is 1. The highest BCUT2D eigenvalue weighted by atomic mass is 16.6. The van der Waals surface area contributed by atoms with Gasteiger partial charge in [0.15, 0.2) is 12.2 Å². The molecule has 1 aliphatic heterocycles. The summed E-state index contributed by atoms with van der Waals surface area (Å²) in [7, 11) is 1.60. The Hall–Kier alpha value is -4.34. The third kappa shape index (κ3) is 8.83. The van der Waals surface area contributed by atoms with Crippen molar-refractivity contribution in [1.29, 1.82) is 0 Å². The molecule has 0 aromatic heterocycles. The topological polar surface area (TPSA) is 123 Å². The van der Waals surface area contributed by atoms with E-state index in [1.165, 1.54) is 17.9 Å². The van der Waals surface area contributed by atoms with Crippen LogP contribution in [0.1, 0.15) is 58.3 Å². The third-order valence-corrected chi connectivity index (χ3v) is 6.16. The second-order valence-electron chi connectivity index (χ2n) is 10.8. The molecule has 2 unspecified atom stereocenters. The van der Waals surface area contributed by atoms with Gasteiger partial charge in [-0.15, -0.1) is 0 Å². The molecular formula is C31H39N3O7. The van der Waals surface area contributed by atoms with Gasteiger partial charge in [0.2, 0.25) is 11.7 Å². The fourth-order valence-electron chi connectivity index (χ4n) is 4.41. The molecule has 10 nitrogen and oxygen atoms in total. The van der Waals surface area contributed by atoms with E-state index in [0.717, 1.165) is 11.1 Å². The Morgan fingerprint density at radius 1 is 0.951 bits per heavy atom. The second kappa shape index (κ2) is 13.8. The molecule has 0 aliphatic carbocycles. The number of amides is 3. The number of nitrogens with one attached hydrogen (secondary N) is 2. The number of rotatable bonds is 9. The van der Waals surface area contributed by atoms with Crippen molar-refractivity contribution in [2.75, 3.05) is 13.6 Å². The minimum absolute atomic E-state index is 0.271. The summed E-state index contributed by atoms with van der Waals surface area (Å²) < 4.78 is 17.3. The number of benzene rings is 2. The maximum absolute atomic E-state index is 13.6. The van der Waals surface area contributed by atoms with Gasteiger partial charge in [-0.2, -0.15) is 0 Å². The number of ether oxygens (including phenoxy) is 3. The van der Waals surface area contributed by atoms with Gasteiger partial charge in [-0.1, -0.05) is 67.6 Å². The van der Waals surface area contributed by atoms with Gasteiger partial charge < -0.3 is 29.7 Å². The zero-order valence-corrected chi connectivity index (χ0v) is 24.4. The van der Waals surface area contributed by atoms with Gasteiger partial charge in [-0.3, -0.25) is 9.59 Å². The molecule has 0 saturated carbocycles. The first kappa shape index (κ1) is 31.2. The molecule has 3 amide bonds. The van der Waals surface area contributed by atoms with Crippen molar-refractivity contribution in [1.82, 2.24) is 15.5 Å². The van der Waals surface area contributed by atoms with Crippen LogP contribution in [0, 0.1) is 0 Å². The first-order valence-corrected chi connectivity index (χ1v) is 13.6. The van der Waals surface area contributed by atoms with Gasteiger partial charge in [0.1, 0.15) is 5.60 Å². The number of hydrogen-bond donors (Lipinski definition) is 2. The minimum atomic E-state index is -1.32. The Balaban J connectivity index is 2.01. The van der Waals surface area contributed by atoms with Crippen molar-refractivity contribution in [2.24, 2.45) is 0 Å². The number of likely N-dealkylation sites (N-methyl/N-ethyl adjacent to an activating group) is 1. The van der Waals surface area contributed by atoms with Crippen molar-refractivity contribution in [3.05, 3.63) is 83.6 Å². The first-order chi connectivity index (χ1) is 19.4. The SMILES string of the molecule is CCCN(C)C(=O)[C@@H]1OC(C(=O)OC(c2ccccc2)c2ccccc2)=CC(NC(=O)OC(C)(C)C)C1NC(C)=O. The maximum atomic E-state index is 13.6. The van der Waals surface area contributed by atoms with E-state index in [4.69, 9.17) is 14.2 Å². The number of carbonyl (C=O) groups excluding carboxylic acids is 4. The Kier molecular flexibility index (Phi) is 10.5. The van der Waals surface area contributed by atoms with Crippen LogP contribution in [-0.4, -0.2) is 66.2 Å². The molecular weight excluding hydrogens is 526 g/mol. The molecule has 0 fully saturated rings. The van der Waals surface area contributed by atoms with E-state index in [2.05, 4.69) is 10.6 Å². The predicted octanol–water partition coefficient (Wildman–Crippen LogP) is 3.87. The Labute approximate surface area is 241 Å². The fraction of sp³-hybridized carbons (Fsp3) is 0.419. The molecule has 2 aromatic rings. The van der Waals surface area contributed by atoms with Gasteiger partial charge >= 0.3 is 12.1 Å². The number of alkyl carbamates (subject to hydrolysis) is 1. The van der Waals surface area contributed by atoms with Gasteiger partial charge in [0.25, 0.3) is 5.91 Å². The van der Waals surface area contributed by atoms with E-state index in [0.29, 0.717) is 13.0 Å². The van der Waals surface area contributed by atoms with Crippen molar-refractivity contribution in [3.63, 3.8) is 0 Å². The molecule has 0 radical (unpaired) electrons. The summed E-state index contributed by atoms with van der Waals surface area (Å²) in [5, 5.41) is 5.38. The molecule has 1 heterocycles. The monoisotopic (exact) mass is 565 g/mol. The summed E-state index contributed by atoms with van der Waals surface area (Å²) >= 11 is 0. The van der Waals surface area contributed by atoms with Gasteiger partial charge in [-0.05, 0) is 44.4 Å². The van der Waals surface area contributed by atoms with Crippen molar-refractivity contribution < 1.29 is 33.4 Å². The van der Waals surface area contributed by atoms with Crippen LogP contribution in [0.15, 0.2) is 72.5 Å². The van der Waals surface area contributed by atoms with Crippen LogP contribution in [-0.2, 0) is 28.6 Å². The maximum Gasteiger partial charge on any atom is 0.408 e. The molecule has 1 aliphatic rings. The number of hydrogen-bond acceptors (Lipinski definition) is 7. The molecule has 0 saturated heterocycles. The van der Waals surface area contributed by atoms with E-state index in [9.17, 15) is 19.2 Å². The van der Waals surface area contributed by atoms with E-state index in [1.807, 2.05) is 67.6 Å². The first-order valence-electron chi connectivity index (χ1n) is 13.6. The average Bonchev–Trinajstić information content (AvgIpc) is 2.91. The molecule has 0 bridgehead atoms. The normalized spacial score (nSPS) is 18.4. The molecule has 3 rings (SSSR count). The van der Waals surface area contributed by atoms with E-state index in [1.54, 1.807) is 27.8 Å². The van der Waals surface area contributed by atoms with Crippen LogP contribution in [0.3, 0.4) is 0 Å². The molecule has 220 valence electrons. The second-order valence-corrected chi connectivity index (χ2v) is 10.8. The van der Waals surface area contributed by atoms with E-state index in [-0.39, 0.29) is 5.76 Å². The Morgan fingerprint density at radius 3 is 2.00 bits per heavy atom. The molecule has 0 spiro atoms. The lowest BCUT2D eigenvalue weighted by molar-refractivity contribution is -0.154. The lowest BCUT2D eigenvalue weighted by Crippen LogP contribution is -2.63. The summed E-state index contributed by atoms with van der Waals surface area (Å²) in [6.07, 6.45) is -0.863. The van der Waals surface area contributed by atoms with Crippen LogP contribution in [0.4, 0.5) is 4.79 Å². The van der Waals surface area contributed by atoms with Gasteiger partial charge in [0.05, 0.1) is 12.1 Å². The lowest BCUT2D eigenvalue weighted by atomic mass is 9.96. The van der Waals surface area contributed by atoms with Gasteiger partial charge in [-0.25, -0.2) is 9.59 Å². The van der Waals surface area contributed by atoms with Crippen LogP contribution in [0.5, 0.6) is 0 Å². The largest absolute Gasteiger partial charge is 0.471 e. The lowest BCUT2D eigenvalue weighted by Gasteiger charge is -2.38. The summed E-state index contributed by atoms with van der Waals surface area (Å²) in [6, 6.07) is 16.4. The third-order valence-electron chi connectivity index (χ3n) is 6.16. The molecule has 41 heavy (non-hydrogen) atoms. The van der Waals surface area contributed by atoms with E-state index >= 15 is 0 Å². The quantitative estimate of drug-likeness (QED) is 0.443. The smallest absolute Gasteiger partial charge is 0.408 e. The van der Waals surface area contributed by atoms with Crippen LogP contribution in [0.2, 0.25) is 0 Å². The Morgan fingerprint density at radius 2 is 1.51 bits per heavy atom. The molecule has 2 N–H and O–H groups in total. The zero-order chi connectivity index (χ0) is 30.2. The molecule has 3 atom stereocenters. The summed E-state index contributed by atoms with van der Waals surface area (Å²) in [4.78, 5) is 53.5. The zero-order valence-electron chi connectivity index (χ0n) is 24.4. The van der Waals surface area contributed by atoms with Crippen molar-refractivity contribution in [3.8, 4) is 0 Å². The highest BCUT2D eigenvalue weighted by Crippen LogP contribution is 2.29. The van der Waals surface area contributed by atoms with Crippen LogP contribution < -0.4 is 10.6 Å². The van der Waals surface area contributed by atoms with Crippen LogP contribution in [0.25, 0.3) is 0 Å². The Bertz CT molecular complexity index is 1200. The summed E-state index contributed by atoms with van der Waals surface area (Å²) in [5.41, 5.74) is 0.663. The highest BCUT2D eigenvalue weighted by molar-refractivity contribution is 5.90. The predicted molar refractivity (Wildman–Crippen MR) is 152 cm³/mol.